The van der Waals surface area contributed by atoms with E-state index in [2.05, 4.69) is 10.2 Å². The molecule has 0 saturated carbocycles. The Hall–Kier alpha value is -2.83. The number of aryl methyl sites for hydroxylation is 1. The predicted octanol–water partition coefficient (Wildman–Crippen LogP) is 2.24. The van der Waals surface area contributed by atoms with Crippen LogP contribution in [0.5, 0.6) is 17.4 Å². The maximum atomic E-state index is 12.3. The minimum atomic E-state index is -0.0681. The van der Waals surface area contributed by atoms with Gasteiger partial charge in [-0.3, -0.25) is 4.79 Å². The molecule has 0 aliphatic carbocycles. The first-order chi connectivity index (χ1) is 12.6. The third kappa shape index (κ3) is 4.84. The number of hydrogen-bond acceptors (Lipinski definition) is 6. The molecule has 1 saturated heterocycles. The molecule has 1 aliphatic rings. The van der Waals surface area contributed by atoms with E-state index in [0.717, 1.165) is 17.9 Å². The van der Waals surface area contributed by atoms with Crippen molar-refractivity contribution in [2.45, 2.75) is 26.4 Å². The largest absolute Gasteiger partial charge is 0.494 e. The summed E-state index contributed by atoms with van der Waals surface area (Å²) >= 11 is 0. The summed E-state index contributed by atoms with van der Waals surface area (Å²) in [5.41, 5.74) is 0.840. The van der Waals surface area contributed by atoms with E-state index in [9.17, 15) is 4.79 Å². The van der Waals surface area contributed by atoms with Crippen molar-refractivity contribution in [3.8, 4) is 17.4 Å². The van der Waals surface area contributed by atoms with Crippen LogP contribution in [-0.2, 0) is 4.79 Å². The van der Waals surface area contributed by atoms with E-state index in [1.807, 2.05) is 32.0 Å². The van der Waals surface area contributed by atoms with Crippen molar-refractivity contribution < 1.29 is 19.0 Å². The molecule has 26 heavy (non-hydrogen) atoms. The fraction of sp³-hybridized carbons (Fsp3) is 0.421. The lowest BCUT2D eigenvalue weighted by Gasteiger charge is -2.17. The van der Waals surface area contributed by atoms with Gasteiger partial charge in [-0.2, -0.15) is 5.10 Å². The fourth-order valence-electron chi connectivity index (χ4n) is 2.71. The van der Waals surface area contributed by atoms with Crippen molar-refractivity contribution in [2.75, 3.05) is 26.3 Å². The Kier molecular flexibility index (Phi) is 5.88. The highest BCUT2D eigenvalue weighted by Crippen LogP contribution is 2.19. The first-order valence-electron chi connectivity index (χ1n) is 8.74. The Bertz CT molecular complexity index is 719. The van der Waals surface area contributed by atoms with Crippen LogP contribution < -0.4 is 14.2 Å². The van der Waals surface area contributed by atoms with Crippen LogP contribution in [0.25, 0.3) is 0 Å². The minimum absolute atomic E-state index is 0.00500. The van der Waals surface area contributed by atoms with Crippen LogP contribution in [-0.4, -0.2) is 53.4 Å². The molecule has 3 rings (SSSR count). The second kappa shape index (κ2) is 8.51. The van der Waals surface area contributed by atoms with Crippen molar-refractivity contribution >= 4 is 5.91 Å². The minimum Gasteiger partial charge on any atom is -0.494 e. The highest BCUT2D eigenvalue weighted by Gasteiger charge is 2.28. The molecular formula is C19H23N3O4. The van der Waals surface area contributed by atoms with Crippen LogP contribution >= 0.6 is 0 Å². The summed E-state index contributed by atoms with van der Waals surface area (Å²) in [6.07, 6.45) is 0.700. The molecule has 1 aliphatic heterocycles. The molecule has 1 amide bonds. The molecule has 0 spiro atoms. The molecule has 2 heterocycles. The number of carbonyl (C=O) groups excluding carboxylic acids is 1. The summed E-state index contributed by atoms with van der Waals surface area (Å²) < 4.78 is 16.7. The average Bonchev–Trinajstić information content (AvgIpc) is 3.12. The molecule has 138 valence electrons. The van der Waals surface area contributed by atoms with Gasteiger partial charge in [-0.25, -0.2) is 0 Å². The zero-order chi connectivity index (χ0) is 18.4. The summed E-state index contributed by atoms with van der Waals surface area (Å²) in [6.45, 7) is 5.60. The number of aromatic nitrogens is 2. The van der Waals surface area contributed by atoms with Crippen molar-refractivity contribution in [3.05, 3.63) is 42.1 Å². The number of ether oxygens (including phenoxy) is 3. The predicted molar refractivity (Wildman–Crippen MR) is 95.5 cm³/mol. The summed E-state index contributed by atoms with van der Waals surface area (Å²) in [4.78, 5) is 14.1. The Balaban J connectivity index is 1.44. The summed E-state index contributed by atoms with van der Waals surface area (Å²) in [5.74, 6) is 1.86. The summed E-state index contributed by atoms with van der Waals surface area (Å²) in [6, 6.07) is 10.9. The molecule has 1 unspecified atom stereocenters. The van der Waals surface area contributed by atoms with Crippen molar-refractivity contribution in [3.63, 3.8) is 0 Å². The fourth-order valence-corrected chi connectivity index (χ4v) is 2.71. The van der Waals surface area contributed by atoms with E-state index >= 15 is 0 Å². The lowest BCUT2D eigenvalue weighted by Crippen LogP contribution is -2.34. The Morgan fingerprint density at radius 3 is 2.50 bits per heavy atom. The first kappa shape index (κ1) is 18.0. The third-order valence-electron chi connectivity index (χ3n) is 4.06. The normalized spacial score (nSPS) is 16.4. The van der Waals surface area contributed by atoms with Crippen LogP contribution in [0, 0.1) is 6.92 Å². The number of hydrogen-bond donors (Lipinski definition) is 0. The zero-order valence-electron chi connectivity index (χ0n) is 15.1. The quantitative estimate of drug-likeness (QED) is 0.757. The number of nitrogens with zero attached hydrogens (tertiary/aromatic N) is 3. The second-order valence-corrected chi connectivity index (χ2v) is 6.07. The molecule has 1 fully saturated rings. The van der Waals surface area contributed by atoms with Crippen LogP contribution in [0.3, 0.4) is 0 Å². The standard InChI is InChI=1S/C19H23N3O4/c1-3-24-15-5-7-16(8-6-15)25-13-19(23)22-11-10-17(12-22)26-18-9-4-14(2)20-21-18/h4-9,17H,3,10-13H2,1-2H3. The molecule has 1 aromatic carbocycles. The van der Waals surface area contributed by atoms with Crippen molar-refractivity contribution in [2.24, 2.45) is 0 Å². The van der Waals surface area contributed by atoms with Gasteiger partial charge in [0.25, 0.3) is 5.91 Å². The average molecular weight is 357 g/mol. The van der Waals surface area contributed by atoms with Gasteiger partial charge in [-0.15, -0.1) is 5.10 Å². The van der Waals surface area contributed by atoms with Crippen LogP contribution in [0.1, 0.15) is 19.0 Å². The van der Waals surface area contributed by atoms with Crippen LogP contribution in [0.4, 0.5) is 0 Å². The number of rotatable bonds is 7. The van der Waals surface area contributed by atoms with Crippen molar-refractivity contribution in [1.29, 1.82) is 0 Å². The van der Waals surface area contributed by atoms with Gasteiger partial charge >= 0.3 is 0 Å². The molecule has 0 radical (unpaired) electrons. The highest BCUT2D eigenvalue weighted by molar-refractivity contribution is 5.78. The second-order valence-electron chi connectivity index (χ2n) is 6.07. The van der Waals surface area contributed by atoms with Gasteiger partial charge in [0.2, 0.25) is 5.88 Å². The number of benzene rings is 1. The van der Waals surface area contributed by atoms with E-state index in [1.165, 1.54) is 0 Å². The SMILES string of the molecule is CCOc1ccc(OCC(=O)N2CCC(Oc3ccc(C)nn3)C2)cc1. The molecule has 1 atom stereocenters. The molecule has 2 aromatic rings. The molecule has 1 aromatic heterocycles. The van der Waals surface area contributed by atoms with Gasteiger partial charge in [-0.1, -0.05) is 0 Å². The maximum Gasteiger partial charge on any atom is 0.260 e. The lowest BCUT2D eigenvalue weighted by atomic mass is 10.3. The first-order valence-corrected chi connectivity index (χ1v) is 8.74. The van der Waals surface area contributed by atoms with Gasteiger partial charge in [0, 0.05) is 19.0 Å². The van der Waals surface area contributed by atoms with Gasteiger partial charge in [0.1, 0.15) is 17.6 Å². The zero-order valence-corrected chi connectivity index (χ0v) is 15.1. The van der Waals surface area contributed by atoms with Gasteiger partial charge in [0.05, 0.1) is 18.8 Å². The smallest absolute Gasteiger partial charge is 0.260 e. The van der Waals surface area contributed by atoms with E-state index in [1.54, 1.807) is 23.1 Å². The van der Waals surface area contributed by atoms with E-state index in [4.69, 9.17) is 14.2 Å². The summed E-state index contributed by atoms with van der Waals surface area (Å²) in [5, 5.41) is 7.97. The monoisotopic (exact) mass is 357 g/mol. The van der Waals surface area contributed by atoms with Gasteiger partial charge < -0.3 is 19.1 Å². The van der Waals surface area contributed by atoms with Crippen molar-refractivity contribution in [1.82, 2.24) is 15.1 Å². The number of likely N-dealkylation sites (tertiary alicyclic amines) is 1. The molecule has 0 N–H and O–H groups in total. The molecule has 7 nitrogen and oxygen atoms in total. The summed E-state index contributed by atoms with van der Waals surface area (Å²) in [7, 11) is 0. The third-order valence-corrected chi connectivity index (χ3v) is 4.06. The van der Waals surface area contributed by atoms with Crippen LogP contribution in [0.15, 0.2) is 36.4 Å². The molecular weight excluding hydrogens is 334 g/mol. The maximum absolute atomic E-state index is 12.3. The number of carbonyl (C=O) groups is 1. The van der Waals surface area contributed by atoms with E-state index < -0.39 is 0 Å². The molecule has 0 bridgehead atoms. The number of amides is 1. The Morgan fingerprint density at radius 2 is 1.85 bits per heavy atom. The van der Waals surface area contributed by atoms with E-state index in [-0.39, 0.29) is 18.6 Å². The van der Waals surface area contributed by atoms with Gasteiger partial charge in [0.15, 0.2) is 6.61 Å². The lowest BCUT2D eigenvalue weighted by molar-refractivity contribution is -0.132. The Morgan fingerprint density at radius 1 is 1.12 bits per heavy atom. The molecule has 7 heteroatoms. The highest BCUT2D eigenvalue weighted by atomic mass is 16.5. The van der Waals surface area contributed by atoms with E-state index in [0.29, 0.717) is 31.3 Å². The topological polar surface area (TPSA) is 73.8 Å². The van der Waals surface area contributed by atoms with Crippen LogP contribution in [0.2, 0.25) is 0 Å². The van der Waals surface area contributed by atoms with Gasteiger partial charge in [-0.05, 0) is 44.2 Å². The Labute approximate surface area is 152 Å².